The number of benzene rings is 1. The summed E-state index contributed by atoms with van der Waals surface area (Å²) in [6, 6.07) is 13.5. The molecule has 0 spiro atoms. The molecule has 2 aromatic rings. The van der Waals surface area contributed by atoms with E-state index in [1.165, 1.54) is 4.90 Å². The minimum absolute atomic E-state index is 0.268. The number of carbonyl (C=O) groups excluding carboxylic acids is 1. The molecular weight excluding hydrogens is 354 g/mol. The lowest BCUT2D eigenvalue weighted by Crippen LogP contribution is -3.16. The summed E-state index contributed by atoms with van der Waals surface area (Å²) in [6.07, 6.45) is 1.94. The van der Waals surface area contributed by atoms with Crippen molar-refractivity contribution < 1.29 is 19.8 Å². The number of aromatic amines is 1. The molecule has 1 amide bonds. The molecule has 3 N–H and O–H groups in total. The number of piperazine rings is 2. The highest BCUT2D eigenvalue weighted by atomic mass is 16.3. The molecule has 3 heterocycles. The van der Waals surface area contributed by atoms with Crippen LogP contribution in [0.1, 0.15) is 0 Å². The Bertz CT molecular complexity index is 767. The van der Waals surface area contributed by atoms with Crippen LogP contribution < -0.4 is 19.7 Å². The van der Waals surface area contributed by atoms with E-state index in [1.807, 2.05) is 35.4 Å². The molecule has 148 valence electrons. The van der Waals surface area contributed by atoms with Gasteiger partial charge in [-0.2, -0.15) is 0 Å². The minimum atomic E-state index is 0.268. The number of amides is 1. The Morgan fingerprint density at radius 3 is 2.29 bits per heavy atom. The van der Waals surface area contributed by atoms with Crippen molar-refractivity contribution in [2.45, 2.75) is 0 Å². The number of pyridine rings is 1. The first-order valence-electron chi connectivity index (χ1n) is 10.1. The fraction of sp³-hybridized carbons (Fsp3) is 0.429. The number of hydrogen-bond donors (Lipinski definition) is 2. The van der Waals surface area contributed by atoms with Crippen molar-refractivity contribution in [2.24, 2.45) is 0 Å². The van der Waals surface area contributed by atoms with Crippen molar-refractivity contribution in [3.8, 4) is 5.75 Å². The van der Waals surface area contributed by atoms with Gasteiger partial charge >= 0.3 is 0 Å². The van der Waals surface area contributed by atoms with E-state index in [0.717, 1.165) is 63.9 Å². The lowest BCUT2D eigenvalue weighted by Gasteiger charge is -2.35. The number of anilines is 2. The maximum Gasteiger partial charge on any atom is 0.278 e. The number of nitrogens with one attached hydrogen (secondary N) is 2. The number of H-pyrrole nitrogens is 1. The van der Waals surface area contributed by atoms with Gasteiger partial charge in [-0.05, 0) is 30.3 Å². The largest absolute Gasteiger partial charge is 0.508 e. The highest BCUT2D eigenvalue weighted by molar-refractivity contribution is 5.77. The summed E-state index contributed by atoms with van der Waals surface area (Å²) in [6.45, 7) is 7.70. The molecule has 7 nitrogen and oxygen atoms in total. The highest BCUT2D eigenvalue weighted by Gasteiger charge is 2.29. The number of hydrogen-bond acceptors (Lipinski definition) is 4. The van der Waals surface area contributed by atoms with Crippen LogP contribution in [0.25, 0.3) is 0 Å². The number of phenols is 1. The second kappa shape index (κ2) is 8.48. The third kappa shape index (κ3) is 4.36. The predicted molar refractivity (Wildman–Crippen MR) is 108 cm³/mol. The van der Waals surface area contributed by atoms with E-state index >= 15 is 0 Å². The Kier molecular flexibility index (Phi) is 5.62. The lowest BCUT2D eigenvalue weighted by molar-refractivity contribution is -0.892. The van der Waals surface area contributed by atoms with Gasteiger partial charge in [0.2, 0.25) is 0 Å². The summed E-state index contributed by atoms with van der Waals surface area (Å²) in [5.74, 6) is 1.68. The van der Waals surface area contributed by atoms with E-state index in [0.29, 0.717) is 12.3 Å². The van der Waals surface area contributed by atoms with E-state index in [1.54, 1.807) is 12.1 Å². The van der Waals surface area contributed by atoms with E-state index in [2.05, 4.69) is 20.9 Å². The van der Waals surface area contributed by atoms with E-state index < -0.39 is 0 Å². The SMILES string of the molecule is O=C(C[NH+]1CCN(c2ccc(O)cc2)CC1)N1CCN(c2cccc[nH+]2)CC1. The topological polar surface area (TPSA) is 65.6 Å². The van der Waals surface area contributed by atoms with Crippen LogP contribution in [-0.2, 0) is 4.79 Å². The Labute approximate surface area is 165 Å². The number of aromatic nitrogens is 1. The van der Waals surface area contributed by atoms with Crippen LogP contribution in [0.5, 0.6) is 5.75 Å². The molecule has 0 atom stereocenters. The number of phenolic OH excluding ortho intramolecular Hbond substituents is 1. The summed E-state index contributed by atoms with van der Waals surface area (Å²) >= 11 is 0. The van der Waals surface area contributed by atoms with Gasteiger partial charge in [0.15, 0.2) is 6.54 Å². The van der Waals surface area contributed by atoms with Crippen molar-refractivity contribution in [1.29, 1.82) is 0 Å². The zero-order valence-electron chi connectivity index (χ0n) is 16.2. The molecule has 1 aromatic carbocycles. The molecule has 0 aliphatic carbocycles. The van der Waals surface area contributed by atoms with Crippen molar-refractivity contribution in [2.75, 3.05) is 68.7 Å². The van der Waals surface area contributed by atoms with E-state index in [-0.39, 0.29) is 5.91 Å². The van der Waals surface area contributed by atoms with Gasteiger partial charge in [-0.3, -0.25) is 9.69 Å². The Morgan fingerprint density at radius 1 is 0.929 bits per heavy atom. The average molecular weight is 383 g/mol. The van der Waals surface area contributed by atoms with Crippen molar-refractivity contribution in [3.05, 3.63) is 48.7 Å². The van der Waals surface area contributed by atoms with E-state index in [4.69, 9.17) is 0 Å². The Hall–Kier alpha value is -2.80. The maximum atomic E-state index is 12.7. The van der Waals surface area contributed by atoms with Crippen LogP contribution in [0, 0.1) is 0 Å². The molecule has 2 fully saturated rings. The molecule has 28 heavy (non-hydrogen) atoms. The third-order valence-electron chi connectivity index (χ3n) is 5.75. The van der Waals surface area contributed by atoms with Gasteiger partial charge in [0.25, 0.3) is 11.7 Å². The fourth-order valence-electron chi connectivity index (χ4n) is 4.02. The van der Waals surface area contributed by atoms with Crippen LogP contribution in [0.15, 0.2) is 48.7 Å². The van der Waals surface area contributed by atoms with Crippen molar-refractivity contribution in [1.82, 2.24) is 4.90 Å². The standard InChI is InChI=1S/C21H27N5O2/c27-19-6-4-18(5-7-19)24-11-9-23(10-12-24)17-21(28)26-15-13-25(14-16-26)20-3-1-2-8-22-20/h1-8,27H,9-17H2/p+2. The predicted octanol–water partition coefficient (Wildman–Crippen LogP) is -0.740. The first-order valence-corrected chi connectivity index (χ1v) is 10.1. The van der Waals surface area contributed by atoms with Crippen LogP contribution >= 0.6 is 0 Å². The molecule has 0 bridgehead atoms. The fourth-order valence-corrected chi connectivity index (χ4v) is 4.02. The molecule has 0 saturated carbocycles. The van der Waals surface area contributed by atoms with Crippen molar-refractivity contribution >= 4 is 17.4 Å². The highest BCUT2D eigenvalue weighted by Crippen LogP contribution is 2.18. The van der Waals surface area contributed by atoms with E-state index in [9.17, 15) is 9.90 Å². The molecule has 2 aliphatic rings. The molecule has 1 aromatic heterocycles. The van der Waals surface area contributed by atoms with Crippen LogP contribution in [0.2, 0.25) is 0 Å². The molecule has 2 saturated heterocycles. The smallest absolute Gasteiger partial charge is 0.278 e. The molecule has 7 heteroatoms. The summed E-state index contributed by atoms with van der Waals surface area (Å²) in [4.78, 5) is 24.0. The van der Waals surface area contributed by atoms with Gasteiger partial charge in [0, 0.05) is 11.8 Å². The van der Waals surface area contributed by atoms with Gasteiger partial charge in [0.05, 0.1) is 45.5 Å². The maximum absolute atomic E-state index is 12.7. The van der Waals surface area contributed by atoms with Crippen LogP contribution in [0.3, 0.4) is 0 Å². The second-order valence-electron chi connectivity index (χ2n) is 7.55. The number of nitrogens with zero attached hydrogens (tertiary/aromatic N) is 3. The zero-order valence-corrected chi connectivity index (χ0v) is 16.2. The van der Waals surface area contributed by atoms with Gasteiger partial charge in [0.1, 0.15) is 18.8 Å². The molecule has 0 radical (unpaired) electrons. The number of aromatic hydroxyl groups is 1. The van der Waals surface area contributed by atoms with Gasteiger partial charge in [-0.25, -0.2) is 4.98 Å². The molecule has 2 aliphatic heterocycles. The van der Waals surface area contributed by atoms with Crippen molar-refractivity contribution in [3.63, 3.8) is 0 Å². The summed E-state index contributed by atoms with van der Waals surface area (Å²) < 4.78 is 0. The van der Waals surface area contributed by atoms with Crippen LogP contribution in [0.4, 0.5) is 11.5 Å². The average Bonchev–Trinajstić information content (AvgIpc) is 2.76. The first-order chi connectivity index (χ1) is 13.7. The van der Waals surface area contributed by atoms with Gasteiger partial charge in [-0.1, -0.05) is 6.07 Å². The number of quaternary nitrogens is 1. The first kappa shape index (κ1) is 18.6. The van der Waals surface area contributed by atoms with Gasteiger partial charge in [-0.15, -0.1) is 0 Å². The molecule has 0 unspecified atom stereocenters. The summed E-state index contributed by atoms with van der Waals surface area (Å²) in [5, 5.41) is 9.43. The second-order valence-corrected chi connectivity index (χ2v) is 7.55. The quantitative estimate of drug-likeness (QED) is 0.730. The third-order valence-corrected chi connectivity index (χ3v) is 5.75. The lowest BCUT2D eigenvalue weighted by atomic mass is 10.2. The monoisotopic (exact) mass is 383 g/mol. The number of carbonyl (C=O) groups is 1. The zero-order chi connectivity index (χ0) is 19.3. The Balaban J connectivity index is 1.22. The Morgan fingerprint density at radius 2 is 1.64 bits per heavy atom. The summed E-state index contributed by atoms with van der Waals surface area (Å²) in [5.41, 5.74) is 1.14. The number of rotatable bonds is 4. The molecule has 4 rings (SSSR count). The normalized spacial score (nSPS) is 18.4. The summed E-state index contributed by atoms with van der Waals surface area (Å²) in [7, 11) is 0. The van der Waals surface area contributed by atoms with Gasteiger partial charge < -0.3 is 19.8 Å². The molecular formula is C21H29N5O2+2. The minimum Gasteiger partial charge on any atom is -0.508 e. The van der Waals surface area contributed by atoms with Crippen LogP contribution in [-0.4, -0.2) is 74.8 Å².